The third kappa shape index (κ3) is 3.92. The van der Waals surface area contributed by atoms with Gasteiger partial charge in [0.2, 0.25) is 5.91 Å². The van der Waals surface area contributed by atoms with E-state index >= 15 is 0 Å². The number of benzene rings is 1. The minimum absolute atomic E-state index is 0.106. The Hall–Kier alpha value is -1.11. The fraction of sp³-hybridized carbons (Fsp3) is 0.417. The summed E-state index contributed by atoms with van der Waals surface area (Å²) in [6, 6.07) is 4.19. The van der Waals surface area contributed by atoms with Crippen molar-refractivity contribution in [1.29, 1.82) is 0 Å². The SMILES string of the molecule is CNC(C)(C)C(=O)Nc1cc(S(C)(=O)=O)ccc1Cl. The van der Waals surface area contributed by atoms with Gasteiger partial charge in [-0.15, -0.1) is 0 Å². The molecule has 106 valence electrons. The number of rotatable bonds is 4. The summed E-state index contributed by atoms with van der Waals surface area (Å²) in [6.07, 6.45) is 1.10. The highest BCUT2D eigenvalue weighted by Gasteiger charge is 2.26. The molecule has 0 atom stereocenters. The van der Waals surface area contributed by atoms with E-state index in [4.69, 9.17) is 11.6 Å². The zero-order valence-electron chi connectivity index (χ0n) is 11.2. The summed E-state index contributed by atoms with van der Waals surface area (Å²) in [4.78, 5) is 12.1. The Bertz CT molecular complexity index is 597. The van der Waals surface area contributed by atoms with Crippen molar-refractivity contribution in [3.05, 3.63) is 23.2 Å². The van der Waals surface area contributed by atoms with Crippen molar-refractivity contribution >= 4 is 33.0 Å². The molecule has 0 fully saturated rings. The van der Waals surface area contributed by atoms with Crippen LogP contribution in [-0.4, -0.2) is 33.2 Å². The smallest absolute Gasteiger partial charge is 0.244 e. The van der Waals surface area contributed by atoms with Crippen molar-refractivity contribution in [1.82, 2.24) is 5.32 Å². The van der Waals surface area contributed by atoms with Gasteiger partial charge in [0, 0.05) is 6.26 Å². The number of likely N-dealkylation sites (N-methyl/N-ethyl adjacent to an activating group) is 1. The zero-order valence-corrected chi connectivity index (χ0v) is 12.8. The molecule has 2 N–H and O–H groups in total. The molecule has 0 aliphatic heterocycles. The average molecular weight is 305 g/mol. The quantitative estimate of drug-likeness (QED) is 0.887. The van der Waals surface area contributed by atoms with Gasteiger partial charge in [0.1, 0.15) is 0 Å². The summed E-state index contributed by atoms with van der Waals surface area (Å²) < 4.78 is 22.9. The molecule has 0 saturated carbocycles. The van der Waals surface area contributed by atoms with E-state index in [-0.39, 0.29) is 21.5 Å². The minimum atomic E-state index is -3.34. The first-order valence-electron chi connectivity index (χ1n) is 5.58. The molecule has 1 amide bonds. The second-order valence-corrected chi connectivity index (χ2v) is 7.17. The van der Waals surface area contributed by atoms with E-state index in [9.17, 15) is 13.2 Å². The maximum Gasteiger partial charge on any atom is 0.244 e. The van der Waals surface area contributed by atoms with Gasteiger partial charge in [0.05, 0.1) is 21.1 Å². The van der Waals surface area contributed by atoms with Crippen molar-refractivity contribution in [3.8, 4) is 0 Å². The Morgan fingerprint density at radius 1 is 1.32 bits per heavy atom. The molecule has 0 radical (unpaired) electrons. The predicted molar refractivity (Wildman–Crippen MR) is 76.3 cm³/mol. The largest absolute Gasteiger partial charge is 0.323 e. The lowest BCUT2D eigenvalue weighted by molar-refractivity contribution is -0.121. The molecule has 1 aromatic rings. The molecule has 1 aromatic carbocycles. The van der Waals surface area contributed by atoms with E-state index in [0.717, 1.165) is 6.26 Å². The van der Waals surface area contributed by atoms with Crippen molar-refractivity contribution in [3.63, 3.8) is 0 Å². The van der Waals surface area contributed by atoms with Crippen molar-refractivity contribution in [2.45, 2.75) is 24.3 Å². The lowest BCUT2D eigenvalue weighted by Crippen LogP contribution is -2.47. The Balaban J connectivity index is 3.12. The third-order valence-corrected chi connectivity index (χ3v) is 4.25. The van der Waals surface area contributed by atoms with Gasteiger partial charge < -0.3 is 10.6 Å². The number of halogens is 1. The van der Waals surface area contributed by atoms with Crippen LogP contribution in [0.15, 0.2) is 23.1 Å². The molecule has 1 rings (SSSR count). The normalized spacial score (nSPS) is 12.3. The molecular formula is C12H17ClN2O3S. The van der Waals surface area contributed by atoms with Gasteiger partial charge in [0.15, 0.2) is 9.84 Å². The van der Waals surface area contributed by atoms with Gasteiger partial charge in [-0.1, -0.05) is 11.6 Å². The Kier molecular flexibility index (Phi) is 4.60. The van der Waals surface area contributed by atoms with Gasteiger partial charge in [-0.3, -0.25) is 4.79 Å². The lowest BCUT2D eigenvalue weighted by atomic mass is 10.1. The van der Waals surface area contributed by atoms with Crippen molar-refractivity contribution in [2.24, 2.45) is 0 Å². The molecule has 0 bridgehead atoms. The van der Waals surface area contributed by atoms with Crippen LogP contribution in [0.25, 0.3) is 0 Å². The van der Waals surface area contributed by atoms with E-state index in [1.165, 1.54) is 18.2 Å². The minimum Gasteiger partial charge on any atom is -0.323 e. The van der Waals surface area contributed by atoms with Gasteiger partial charge in [0.25, 0.3) is 0 Å². The van der Waals surface area contributed by atoms with E-state index in [1.54, 1.807) is 20.9 Å². The molecule has 5 nitrogen and oxygen atoms in total. The Morgan fingerprint density at radius 2 is 1.89 bits per heavy atom. The molecule has 0 aromatic heterocycles. The summed E-state index contributed by atoms with van der Waals surface area (Å²) in [7, 11) is -1.68. The van der Waals surface area contributed by atoms with Crippen molar-refractivity contribution in [2.75, 3.05) is 18.6 Å². The summed E-state index contributed by atoms with van der Waals surface area (Å²) in [5, 5.41) is 5.75. The van der Waals surface area contributed by atoms with Crippen LogP contribution >= 0.6 is 11.6 Å². The lowest BCUT2D eigenvalue weighted by Gasteiger charge is -2.23. The molecule has 0 heterocycles. The Morgan fingerprint density at radius 3 is 2.37 bits per heavy atom. The number of sulfone groups is 1. The number of anilines is 1. The van der Waals surface area contributed by atoms with E-state index in [1.807, 2.05) is 0 Å². The second kappa shape index (κ2) is 5.48. The summed E-state index contributed by atoms with van der Waals surface area (Å²) in [6.45, 7) is 3.41. The summed E-state index contributed by atoms with van der Waals surface area (Å²) >= 11 is 5.95. The van der Waals surface area contributed by atoms with E-state index in [0.29, 0.717) is 0 Å². The first-order valence-corrected chi connectivity index (χ1v) is 7.85. The van der Waals surface area contributed by atoms with Gasteiger partial charge in [-0.05, 0) is 39.1 Å². The van der Waals surface area contributed by atoms with Crippen LogP contribution in [0.1, 0.15) is 13.8 Å². The molecule has 7 heteroatoms. The van der Waals surface area contributed by atoms with Gasteiger partial charge in [-0.2, -0.15) is 0 Å². The van der Waals surface area contributed by atoms with Crippen LogP contribution in [0.4, 0.5) is 5.69 Å². The highest BCUT2D eigenvalue weighted by molar-refractivity contribution is 7.90. The number of amides is 1. The maximum absolute atomic E-state index is 12.0. The number of hydrogen-bond acceptors (Lipinski definition) is 4. The van der Waals surface area contributed by atoms with Gasteiger partial charge >= 0.3 is 0 Å². The molecule has 0 saturated heterocycles. The van der Waals surface area contributed by atoms with E-state index in [2.05, 4.69) is 10.6 Å². The molecule has 0 unspecified atom stereocenters. The van der Waals surface area contributed by atoms with Crippen LogP contribution in [0.5, 0.6) is 0 Å². The monoisotopic (exact) mass is 304 g/mol. The van der Waals surface area contributed by atoms with Gasteiger partial charge in [-0.25, -0.2) is 8.42 Å². The summed E-state index contributed by atoms with van der Waals surface area (Å²) in [5.41, 5.74) is -0.511. The number of carbonyl (C=O) groups excluding carboxylic acids is 1. The molecule has 0 aliphatic rings. The van der Waals surface area contributed by atoms with Crippen LogP contribution in [-0.2, 0) is 14.6 Å². The zero-order chi connectivity index (χ0) is 14.8. The highest BCUT2D eigenvalue weighted by Crippen LogP contribution is 2.26. The van der Waals surface area contributed by atoms with Crippen LogP contribution < -0.4 is 10.6 Å². The highest BCUT2D eigenvalue weighted by atomic mass is 35.5. The second-order valence-electron chi connectivity index (χ2n) is 4.74. The Labute approximate surface area is 118 Å². The first-order chi connectivity index (χ1) is 8.58. The molecule has 19 heavy (non-hydrogen) atoms. The number of hydrogen-bond donors (Lipinski definition) is 2. The average Bonchev–Trinajstić information content (AvgIpc) is 2.30. The standard InChI is InChI=1S/C12H17ClN2O3S/c1-12(2,14-3)11(16)15-10-7-8(19(4,17)18)5-6-9(10)13/h5-7,14H,1-4H3,(H,15,16). The molecule has 0 aliphatic carbocycles. The fourth-order valence-corrected chi connectivity index (χ4v) is 2.03. The third-order valence-electron chi connectivity index (χ3n) is 2.81. The number of carbonyl (C=O) groups is 1. The van der Waals surface area contributed by atoms with Crippen LogP contribution in [0, 0.1) is 0 Å². The van der Waals surface area contributed by atoms with Crippen LogP contribution in [0.2, 0.25) is 5.02 Å². The summed E-state index contributed by atoms with van der Waals surface area (Å²) in [5.74, 6) is -0.303. The molecular weight excluding hydrogens is 288 g/mol. The number of nitrogens with one attached hydrogen (secondary N) is 2. The maximum atomic E-state index is 12.0. The van der Waals surface area contributed by atoms with E-state index < -0.39 is 15.4 Å². The van der Waals surface area contributed by atoms with Crippen molar-refractivity contribution < 1.29 is 13.2 Å². The van der Waals surface area contributed by atoms with Crippen LogP contribution in [0.3, 0.4) is 0 Å². The predicted octanol–water partition coefficient (Wildman–Crippen LogP) is 1.68. The topological polar surface area (TPSA) is 75.3 Å². The fourth-order valence-electron chi connectivity index (χ4n) is 1.22. The first kappa shape index (κ1) is 15.9. The molecule has 0 spiro atoms.